The number of rotatable bonds is 6. The number of guanidine groups is 1. The summed E-state index contributed by atoms with van der Waals surface area (Å²) >= 11 is 0. The number of benzene rings is 1. The van der Waals surface area contributed by atoms with Crippen molar-refractivity contribution >= 4 is 35.6 Å². The van der Waals surface area contributed by atoms with Crippen LogP contribution in [-0.2, 0) is 6.54 Å². The lowest BCUT2D eigenvalue weighted by molar-refractivity contribution is 0.173. The van der Waals surface area contributed by atoms with E-state index in [1.807, 2.05) is 47.0 Å². The minimum absolute atomic E-state index is 0. The number of nitrogens with zero attached hydrogens (tertiary/aromatic N) is 4. The van der Waals surface area contributed by atoms with Crippen molar-refractivity contribution in [1.82, 2.24) is 25.2 Å². The van der Waals surface area contributed by atoms with Gasteiger partial charge in [-0.3, -0.25) is 9.39 Å². The van der Waals surface area contributed by atoms with Gasteiger partial charge in [-0.05, 0) is 24.3 Å². The van der Waals surface area contributed by atoms with Crippen molar-refractivity contribution in [2.75, 3.05) is 27.0 Å². The van der Waals surface area contributed by atoms with Crippen molar-refractivity contribution in [1.29, 1.82) is 0 Å². The van der Waals surface area contributed by atoms with Crippen LogP contribution in [0.4, 0.5) is 0 Å². The molecule has 0 spiro atoms. The molecule has 0 radical (unpaired) electrons. The number of halogens is 1. The van der Waals surface area contributed by atoms with Crippen LogP contribution in [0.3, 0.4) is 0 Å². The number of hydrogen-bond donors (Lipinski definition) is 2. The number of nitrogens with one attached hydrogen (secondary N) is 2. The van der Waals surface area contributed by atoms with Gasteiger partial charge in [0.15, 0.2) is 28.9 Å². The molecular formula is C18H21IN6O3. The van der Waals surface area contributed by atoms with E-state index in [1.165, 1.54) is 0 Å². The van der Waals surface area contributed by atoms with E-state index in [0.29, 0.717) is 31.4 Å². The zero-order valence-electron chi connectivity index (χ0n) is 15.3. The van der Waals surface area contributed by atoms with Crippen LogP contribution in [0.2, 0.25) is 0 Å². The number of hydrogen-bond acceptors (Lipinski definition) is 6. The Morgan fingerprint density at radius 3 is 2.96 bits per heavy atom. The van der Waals surface area contributed by atoms with Crippen molar-refractivity contribution in [2.24, 2.45) is 4.99 Å². The predicted octanol–water partition coefficient (Wildman–Crippen LogP) is 1.82. The van der Waals surface area contributed by atoms with E-state index < -0.39 is 0 Å². The van der Waals surface area contributed by atoms with Gasteiger partial charge in [-0.2, -0.15) is 0 Å². The predicted molar refractivity (Wildman–Crippen MR) is 115 cm³/mol. The lowest BCUT2D eigenvalue weighted by Gasteiger charge is -2.12. The number of aromatic nitrogens is 3. The average Bonchev–Trinajstić information content (AvgIpc) is 3.34. The van der Waals surface area contributed by atoms with Gasteiger partial charge in [-0.15, -0.1) is 34.2 Å². The second-order valence-electron chi connectivity index (χ2n) is 5.76. The third kappa shape index (κ3) is 4.55. The molecule has 9 nitrogen and oxygen atoms in total. The molecule has 0 unspecified atom stereocenters. The SMILES string of the molecule is CN=C(NCCOc1ccc2c(c1)OCO2)NCc1nnc2ccccn12.I. The van der Waals surface area contributed by atoms with E-state index in [9.17, 15) is 0 Å². The summed E-state index contributed by atoms with van der Waals surface area (Å²) in [7, 11) is 1.72. The van der Waals surface area contributed by atoms with Gasteiger partial charge in [0.2, 0.25) is 6.79 Å². The van der Waals surface area contributed by atoms with Crippen LogP contribution in [-0.4, -0.2) is 47.5 Å². The second-order valence-corrected chi connectivity index (χ2v) is 5.76. The zero-order chi connectivity index (χ0) is 18.5. The van der Waals surface area contributed by atoms with E-state index in [2.05, 4.69) is 25.8 Å². The summed E-state index contributed by atoms with van der Waals surface area (Å²) in [5, 5.41) is 14.7. The Kier molecular flexibility index (Phi) is 6.74. The van der Waals surface area contributed by atoms with Crippen LogP contribution in [0.25, 0.3) is 5.65 Å². The molecule has 3 aromatic rings. The van der Waals surface area contributed by atoms with E-state index in [-0.39, 0.29) is 30.8 Å². The van der Waals surface area contributed by atoms with Crippen LogP contribution < -0.4 is 24.8 Å². The first-order valence-electron chi connectivity index (χ1n) is 8.59. The maximum absolute atomic E-state index is 5.73. The number of fused-ring (bicyclic) bond motifs is 2. The van der Waals surface area contributed by atoms with Crippen molar-refractivity contribution in [3.8, 4) is 17.2 Å². The summed E-state index contributed by atoms with van der Waals surface area (Å²) in [5.41, 5.74) is 0.814. The third-order valence-electron chi connectivity index (χ3n) is 4.03. The Labute approximate surface area is 179 Å². The number of pyridine rings is 1. The molecule has 4 rings (SSSR count). The average molecular weight is 496 g/mol. The first-order chi connectivity index (χ1) is 13.3. The highest BCUT2D eigenvalue weighted by Crippen LogP contribution is 2.34. The highest BCUT2D eigenvalue weighted by atomic mass is 127. The monoisotopic (exact) mass is 496 g/mol. The van der Waals surface area contributed by atoms with Crippen LogP contribution in [0.5, 0.6) is 17.2 Å². The molecule has 1 aliphatic rings. The van der Waals surface area contributed by atoms with Gasteiger partial charge in [0.25, 0.3) is 0 Å². The standard InChI is InChI=1S/C18H20N6O3.HI/c1-19-18(21-11-17-23-22-16-4-2-3-8-24(16)17)20-7-9-25-13-5-6-14-15(10-13)27-12-26-14;/h2-6,8,10H,7,9,11-12H2,1H3,(H2,19,20,21);1H. The van der Waals surface area contributed by atoms with Crippen molar-refractivity contribution < 1.29 is 14.2 Å². The highest BCUT2D eigenvalue weighted by Gasteiger charge is 2.13. The van der Waals surface area contributed by atoms with E-state index in [0.717, 1.165) is 23.0 Å². The Morgan fingerprint density at radius 1 is 1.18 bits per heavy atom. The van der Waals surface area contributed by atoms with Gasteiger partial charge in [-0.25, -0.2) is 0 Å². The Bertz CT molecular complexity index is 961. The lowest BCUT2D eigenvalue weighted by Crippen LogP contribution is -2.39. The Morgan fingerprint density at radius 2 is 2.07 bits per heavy atom. The molecule has 148 valence electrons. The minimum atomic E-state index is 0. The van der Waals surface area contributed by atoms with Crippen LogP contribution in [0, 0.1) is 0 Å². The first kappa shape index (κ1) is 20.0. The summed E-state index contributed by atoms with van der Waals surface area (Å²) in [5.74, 6) is 3.66. The molecule has 0 bridgehead atoms. The molecule has 10 heteroatoms. The maximum Gasteiger partial charge on any atom is 0.231 e. The molecule has 0 saturated heterocycles. The molecule has 0 fully saturated rings. The normalized spacial score (nSPS) is 12.5. The molecule has 2 N–H and O–H groups in total. The fraction of sp³-hybridized carbons (Fsp3) is 0.278. The summed E-state index contributed by atoms with van der Waals surface area (Å²) < 4.78 is 18.3. The smallest absolute Gasteiger partial charge is 0.231 e. The third-order valence-corrected chi connectivity index (χ3v) is 4.03. The molecular weight excluding hydrogens is 475 g/mol. The van der Waals surface area contributed by atoms with E-state index in [1.54, 1.807) is 7.05 Å². The second kappa shape index (κ2) is 9.44. The lowest BCUT2D eigenvalue weighted by atomic mass is 10.3. The van der Waals surface area contributed by atoms with Crippen molar-refractivity contribution in [2.45, 2.75) is 6.54 Å². The fourth-order valence-corrected chi connectivity index (χ4v) is 2.70. The summed E-state index contributed by atoms with van der Waals surface area (Å²) in [6.45, 7) is 1.83. The van der Waals surface area contributed by atoms with Crippen molar-refractivity contribution in [3.63, 3.8) is 0 Å². The Balaban J connectivity index is 0.00000225. The Hall–Kier alpha value is -2.76. The van der Waals surface area contributed by atoms with Gasteiger partial charge >= 0.3 is 0 Å². The van der Waals surface area contributed by atoms with Gasteiger partial charge in [0.05, 0.1) is 13.1 Å². The van der Waals surface area contributed by atoms with Crippen LogP contribution in [0.1, 0.15) is 5.82 Å². The number of ether oxygens (including phenoxy) is 3. The quantitative estimate of drug-likeness (QED) is 0.233. The largest absolute Gasteiger partial charge is 0.492 e. The van der Waals surface area contributed by atoms with Crippen LogP contribution >= 0.6 is 24.0 Å². The molecule has 0 saturated carbocycles. The summed E-state index contributed by atoms with van der Waals surface area (Å²) in [6, 6.07) is 11.3. The molecule has 0 atom stereocenters. The molecule has 3 heterocycles. The van der Waals surface area contributed by atoms with Gasteiger partial charge in [0, 0.05) is 19.3 Å². The van der Waals surface area contributed by atoms with E-state index in [4.69, 9.17) is 14.2 Å². The first-order valence-corrected chi connectivity index (χ1v) is 8.59. The van der Waals surface area contributed by atoms with Crippen molar-refractivity contribution in [3.05, 3.63) is 48.4 Å². The molecule has 28 heavy (non-hydrogen) atoms. The molecule has 0 amide bonds. The molecule has 0 aliphatic carbocycles. The minimum Gasteiger partial charge on any atom is -0.492 e. The van der Waals surface area contributed by atoms with Crippen LogP contribution in [0.15, 0.2) is 47.6 Å². The number of aliphatic imine (C=N–C) groups is 1. The van der Waals surface area contributed by atoms with E-state index >= 15 is 0 Å². The molecule has 1 aliphatic heterocycles. The van der Waals surface area contributed by atoms with Gasteiger partial charge in [0.1, 0.15) is 12.4 Å². The summed E-state index contributed by atoms with van der Waals surface area (Å²) in [6.07, 6.45) is 1.93. The summed E-state index contributed by atoms with van der Waals surface area (Å²) in [4.78, 5) is 4.20. The maximum atomic E-state index is 5.73. The highest BCUT2D eigenvalue weighted by molar-refractivity contribution is 14.0. The van der Waals surface area contributed by atoms with Gasteiger partial charge < -0.3 is 24.8 Å². The topological polar surface area (TPSA) is 94.3 Å². The van der Waals surface area contributed by atoms with Gasteiger partial charge in [-0.1, -0.05) is 6.07 Å². The zero-order valence-corrected chi connectivity index (χ0v) is 17.6. The molecule has 1 aromatic carbocycles. The fourth-order valence-electron chi connectivity index (χ4n) is 2.70. The molecule has 2 aromatic heterocycles.